The summed E-state index contributed by atoms with van der Waals surface area (Å²) >= 11 is 0. The molecule has 0 saturated carbocycles. The monoisotopic (exact) mass is 216 g/mol. The number of halogens is 1. The van der Waals surface area contributed by atoms with Crippen molar-refractivity contribution in [3.63, 3.8) is 0 Å². The van der Waals surface area contributed by atoms with Crippen molar-refractivity contribution in [2.75, 3.05) is 0 Å². The van der Waals surface area contributed by atoms with Crippen LogP contribution in [-0.4, -0.2) is 4.98 Å². The normalized spacial score (nSPS) is 10.4. The maximum atomic E-state index is 13.3. The SMILES string of the molecule is Cc1cnccc1-c1ccc(F)c(CN)c1. The van der Waals surface area contributed by atoms with Gasteiger partial charge in [0.1, 0.15) is 5.82 Å². The molecule has 0 aliphatic carbocycles. The van der Waals surface area contributed by atoms with Gasteiger partial charge in [0, 0.05) is 24.5 Å². The first-order chi connectivity index (χ1) is 7.72. The highest BCUT2D eigenvalue weighted by atomic mass is 19.1. The second-order valence-electron chi connectivity index (χ2n) is 3.70. The summed E-state index contributed by atoms with van der Waals surface area (Å²) in [6, 6.07) is 6.93. The number of hydrogen-bond acceptors (Lipinski definition) is 2. The third kappa shape index (κ3) is 1.95. The van der Waals surface area contributed by atoms with Gasteiger partial charge in [0.25, 0.3) is 0 Å². The Balaban J connectivity index is 2.53. The fourth-order valence-electron chi connectivity index (χ4n) is 1.70. The van der Waals surface area contributed by atoms with Crippen LogP contribution >= 0.6 is 0 Å². The molecule has 0 unspecified atom stereocenters. The minimum absolute atomic E-state index is 0.212. The zero-order chi connectivity index (χ0) is 11.5. The van der Waals surface area contributed by atoms with Crippen LogP contribution in [0, 0.1) is 12.7 Å². The van der Waals surface area contributed by atoms with E-state index in [4.69, 9.17) is 5.73 Å². The first-order valence-electron chi connectivity index (χ1n) is 5.12. The van der Waals surface area contributed by atoms with Crippen LogP contribution in [-0.2, 0) is 6.54 Å². The number of nitrogens with two attached hydrogens (primary N) is 1. The minimum Gasteiger partial charge on any atom is -0.326 e. The fourth-order valence-corrected chi connectivity index (χ4v) is 1.70. The van der Waals surface area contributed by atoms with E-state index in [0.717, 1.165) is 16.7 Å². The van der Waals surface area contributed by atoms with Crippen LogP contribution in [0.25, 0.3) is 11.1 Å². The maximum absolute atomic E-state index is 13.3. The van der Waals surface area contributed by atoms with Crippen molar-refractivity contribution in [1.82, 2.24) is 4.98 Å². The smallest absolute Gasteiger partial charge is 0.127 e. The Morgan fingerprint density at radius 2 is 2.12 bits per heavy atom. The van der Waals surface area contributed by atoms with Gasteiger partial charge in [-0.05, 0) is 41.8 Å². The van der Waals surface area contributed by atoms with Crippen LogP contribution in [0.1, 0.15) is 11.1 Å². The lowest BCUT2D eigenvalue weighted by Gasteiger charge is -2.07. The van der Waals surface area contributed by atoms with Gasteiger partial charge in [0.2, 0.25) is 0 Å². The van der Waals surface area contributed by atoms with E-state index in [1.807, 2.05) is 13.0 Å². The van der Waals surface area contributed by atoms with Crippen LogP contribution in [0.2, 0.25) is 0 Å². The third-order valence-corrected chi connectivity index (χ3v) is 2.60. The van der Waals surface area contributed by atoms with E-state index in [1.165, 1.54) is 6.07 Å². The first-order valence-corrected chi connectivity index (χ1v) is 5.12. The van der Waals surface area contributed by atoms with E-state index in [-0.39, 0.29) is 12.4 Å². The molecule has 0 bridgehead atoms. The molecule has 1 aromatic carbocycles. The Morgan fingerprint density at radius 1 is 1.31 bits per heavy atom. The molecule has 2 nitrogen and oxygen atoms in total. The van der Waals surface area contributed by atoms with Crippen molar-refractivity contribution in [2.24, 2.45) is 5.73 Å². The Bertz CT molecular complexity index is 509. The number of aryl methyl sites for hydroxylation is 1. The highest BCUT2D eigenvalue weighted by Gasteiger charge is 2.05. The van der Waals surface area contributed by atoms with E-state index in [9.17, 15) is 4.39 Å². The van der Waals surface area contributed by atoms with Crippen molar-refractivity contribution in [1.29, 1.82) is 0 Å². The molecule has 1 aromatic heterocycles. The molecule has 0 aliphatic rings. The zero-order valence-corrected chi connectivity index (χ0v) is 9.07. The van der Waals surface area contributed by atoms with Gasteiger partial charge in [-0.15, -0.1) is 0 Å². The molecule has 0 atom stereocenters. The van der Waals surface area contributed by atoms with Gasteiger partial charge in [0.15, 0.2) is 0 Å². The molecule has 82 valence electrons. The molecule has 0 radical (unpaired) electrons. The van der Waals surface area contributed by atoms with Gasteiger partial charge in [-0.1, -0.05) is 6.07 Å². The van der Waals surface area contributed by atoms with Gasteiger partial charge in [-0.25, -0.2) is 4.39 Å². The molecule has 0 saturated heterocycles. The first kappa shape index (κ1) is 10.8. The highest BCUT2D eigenvalue weighted by molar-refractivity contribution is 5.67. The van der Waals surface area contributed by atoms with Gasteiger partial charge in [-0.2, -0.15) is 0 Å². The Labute approximate surface area is 93.9 Å². The Kier molecular flexibility index (Phi) is 2.97. The molecule has 2 aromatic rings. The average molecular weight is 216 g/mol. The standard InChI is InChI=1S/C13H13FN2/c1-9-8-16-5-4-12(9)10-2-3-13(14)11(6-10)7-15/h2-6,8H,7,15H2,1H3. The molecular formula is C13H13FN2. The molecule has 3 heteroatoms. The molecule has 2 rings (SSSR count). The van der Waals surface area contributed by atoms with Crippen LogP contribution in [0.15, 0.2) is 36.7 Å². The largest absolute Gasteiger partial charge is 0.326 e. The van der Waals surface area contributed by atoms with Crippen LogP contribution in [0.5, 0.6) is 0 Å². The summed E-state index contributed by atoms with van der Waals surface area (Å²) in [4.78, 5) is 4.03. The molecule has 16 heavy (non-hydrogen) atoms. The average Bonchev–Trinajstić information content (AvgIpc) is 2.31. The van der Waals surface area contributed by atoms with Gasteiger partial charge in [-0.3, -0.25) is 4.98 Å². The maximum Gasteiger partial charge on any atom is 0.127 e. The summed E-state index contributed by atoms with van der Waals surface area (Å²) < 4.78 is 13.3. The zero-order valence-electron chi connectivity index (χ0n) is 9.07. The number of aromatic nitrogens is 1. The number of hydrogen-bond donors (Lipinski definition) is 1. The molecular weight excluding hydrogens is 203 g/mol. The Morgan fingerprint density at radius 3 is 2.81 bits per heavy atom. The molecule has 0 aliphatic heterocycles. The van der Waals surface area contributed by atoms with Gasteiger partial charge >= 0.3 is 0 Å². The lowest BCUT2D eigenvalue weighted by Crippen LogP contribution is -2.00. The molecule has 0 fully saturated rings. The van der Waals surface area contributed by atoms with E-state index in [1.54, 1.807) is 24.5 Å². The predicted octanol–water partition coefficient (Wildman–Crippen LogP) is 2.65. The topological polar surface area (TPSA) is 38.9 Å². The molecule has 2 N–H and O–H groups in total. The second kappa shape index (κ2) is 4.41. The summed E-state index contributed by atoms with van der Waals surface area (Å²) in [6.07, 6.45) is 3.52. The van der Waals surface area contributed by atoms with Crippen molar-refractivity contribution in [2.45, 2.75) is 13.5 Å². The van der Waals surface area contributed by atoms with Crippen molar-refractivity contribution in [3.8, 4) is 11.1 Å². The number of pyridine rings is 1. The summed E-state index contributed by atoms with van der Waals surface area (Å²) in [6.45, 7) is 2.19. The van der Waals surface area contributed by atoms with Gasteiger partial charge in [0.05, 0.1) is 0 Å². The fraction of sp³-hybridized carbons (Fsp3) is 0.154. The van der Waals surface area contributed by atoms with Crippen LogP contribution in [0.4, 0.5) is 4.39 Å². The van der Waals surface area contributed by atoms with E-state index in [2.05, 4.69) is 4.98 Å². The van der Waals surface area contributed by atoms with Crippen LogP contribution < -0.4 is 5.73 Å². The van der Waals surface area contributed by atoms with Gasteiger partial charge < -0.3 is 5.73 Å². The highest BCUT2D eigenvalue weighted by Crippen LogP contribution is 2.24. The number of nitrogens with zero attached hydrogens (tertiary/aromatic N) is 1. The second-order valence-corrected chi connectivity index (χ2v) is 3.70. The van der Waals surface area contributed by atoms with E-state index < -0.39 is 0 Å². The van der Waals surface area contributed by atoms with Crippen molar-refractivity contribution >= 4 is 0 Å². The third-order valence-electron chi connectivity index (χ3n) is 2.60. The summed E-state index contributed by atoms with van der Waals surface area (Å²) in [7, 11) is 0. The Hall–Kier alpha value is -1.74. The summed E-state index contributed by atoms with van der Waals surface area (Å²) in [5.74, 6) is -0.252. The predicted molar refractivity (Wildman–Crippen MR) is 62.3 cm³/mol. The number of benzene rings is 1. The van der Waals surface area contributed by atoms with E-state index in [0.29, 0.717) is 5.56 Å². The molecule has 0 amide bonds. The lowest BCUT2D eigenvalue weighted by molar-refractivity contribution is 0.611. The molecule has 0 spiro atoms. The summed E-state index contributed by atoms with van der Waals surface area (Å²) in [5, 5.41) is 0. The van der Waals surface area contributed by atoms with Crippen molar-refractivity contribution < 1.29 is 4.39 Å². The number of rotatable bonds is 2. The minimum atomic E-state index is -0.252. The van der Waals surface area contributed by atoms with E-state index >= 15 is 0 Å². The quantitative estimate of drug-likeness (QED) is 0.838. The van der Waals surface area contributed by atoms with Crippen LogP contribution in [0.3, 0.4) is 0 Å². The molecule has 1 heterocycles. The lowest BCUT2D eigenvalue weighted by atomic mass is 10.0. The summed E-state index contributed by atoms with van der Waals surface area (Å²) in [5.41, 5.74) is 9.12. The van der Waals surface area contributed by atoms with Crippen molar-refractivity contribution in [3.05, 3.63) is 53.6 Å².